The third-order valence-electron chi connectivity index (χ3n) is 2.84. The number of guanidine groups is 1. The Morgan fingerprint density at radius 1 is 1.41 bits per heavy atom. The van der Waals surface area contributed by atoms with Crippen LogP contribution in [0.5, 0.6) is 0 Å². The quantitative estimate of drug-likeness (QED) is 0.326. The van der Waals surface area contributed by atoms with Crippen molar-refractivity contribution in [3.05, 3.63) is 22.4 Å². The molecule has 9 heteroatoms. The van der Waals surface area contributed by atoms with Gasteiger partial charge in [0.2, 0.25) is 10.0 Å². The Morgan fingerprint density at radius 3 is 2.59 bits per heavy atom. The number of aliphatic imine (C=N–C) groups is 1. The lowest BCUT2D eigenvalue weighted by Gasteiger charge is -2.21. The summed E-state index contributed by atoms with van der Waals surface area (Å²) in [5.41, 5.74) is -0.0591. The van der Waals surface area contributed by atoms with Crippen LogP contribution >= 0.6 is 35.3 Å². The zero-order valence-electron chi connectivity index (χ0n) is 13.1. The smallest absolute Gasteiger partial charge is 0.210 e. The zero-order valence-corrected chi connectivity index (χ0v) is 17.1. The van der Waals surface area contributed by atoms with Crippen LogP contribution in [0.2, 0.25) is 0 Å². The van der Waals surface area contributed by atoms with Gasteiger partial charge in [-0.25, -0.2) is 13.6 Å². The van der Waals surface area contributed by atoms with Crippen molar-refractivity contribution in [2.24, 2.45) is 10.1 Å². The second-order valence-corrected chi connectivity index (χ2v) is 8.03. The number of hydrogen-bond acceptors (Lipinski definition) is 4. The van der Waals surface area contributed by atoms with Gasteiger partial charge in [0.05, 0.1) is 12.3 Å². The monoisotopic (exact) mass is 460 g/mol. The Kier molecular flexibility index (Phi) is 9.51. The van der Waals surface area contributed by atoms with E-state index in [4.69, 9.17) is 5.14 Å². The fourth-order valence-electron chi connectivity index (χ4n) is 1.67. The number of hydrogen-bond donors (Lipinski definition) is 3. The van der Waals surface area contributed by atoms with Crippen molar-refractivity contribution in [1.82, 2.24) is 10.6 Å². The summed E-state index contributed by atoms with van der Waals surface area (Å²) < 4.78 is 21.8. The molecule has 0 amide bonds. The lowest BCUT2D eigenvalue weighted by atomic mass is 9.92. The van der Waals surface area contributed by atoms with Crippen LogP contribution in [0.1, 0.15) is 25.6 Å². The van der Waals surface area contributed by atoms with Crippen molar-refractivity contribution in [3.63, 3.8) is 0 Å². The summed E-state index contributed by atoms with van der Waals surface area (Å²) in [7, 11) is -3.46. The minimum Gasteiger partial charge on any atom is -0.357 e. The molecule has 1 aromatic heterocycles. The highest BCUT2D eigenvalue weighted by Crippen LogP contribution is 2.27. The summed E-state index contributed by atoms with van der Waals surface area (Å²) in [6.07, 6.45) is 0. The molecule has 1 heterocycles. The van der Waals surface area contributed by atoms with E-state index in [9.17, 15) is 8.42 Å². The van der Waals surface area contributed by atoms with Crippen molar-refractivity contribution in [2.75, 3.05) is 25.4 Å². The first-order chi connectivity index (χ1) is 9.74. The molecule has 0 saturated heterocycles. The maximum absolute atomic E-state index is 10.9. The lowest BCUT2D eigenvalue weighted by molar-refractivity contribution is 0.548. The predicted molar refractivity (Wildman–Crippen MR) is 105 cm³/mol. The van der Waals surface area contributed by atoms with E-state index in [1.807, 2.05) is 13.0 Å². The molecule has 1 aromatic rings. The lowest BCUT2D eigenvalue weighted by Crippen LogP contribution is -2.41. The molecule has 6 nitrogen and oxygen atoms in total. The number of nitrogens with zero attached hydrogens (tertiary/aromatic N) is 1. The third kappa shape index (κ3) is 8.30. The largest absolute Gasteiger partial charge is 0.357 e. The number of sulfonamides is 1. The Morgan fingerprint density at radius 2 is 2.09 bits per heavy atom. The average Bonchev–Trinajstić information content (AvgIpc) is 2.89. The van der Waals surface area contributed by atoms with Crippen molar-refractivity contribution in [3.8, 4) is 0 Å². The number of nitrogens with two attached hydrogens (primary N) is 1. The molecule has 1 rings (SSSR count). The van der Waals surface area contributed by atoms with Gasteiger partial charge in [0, 0.05) is 23.4 Å². The molecule has 0 aliphatic rings. The van der Waals surface area contributed by atoms with Gasteiger partial charge in [-0.05, 0) is 18.4 Å². The minimum atomic E-state index is -3.46. The van der Waals surface area contributed by atoms with E-state index in [2.05, 4.69) is 40.9 Å². The van der Waals surface area contributed by atoms with E-state index in [0.717, 1.165) is 0 Å². The SMILES string of the molecule is CCNC(=NCC(C)(C)c1cccs1)NCCS(N)(=O)=O.I. The van der Waals surface area contributed by atoms with Gasteiger partial charge in [-0.15, -0.1) is 35.3 Å². The summed E-state index contributed by atoms with van der Waals surface area (Å²) in [6, 6.07) is 4.13. The van der Waals surface area contributed by atoms with E-state index >= 15 is 0 Å². The highest BCUT2D eigenvalue weighted by atomic mass is 127. The molecule has 0 fully saturated rings. The van der Waals surface area contributed by atoms with Gasteiger partial charge in [-0.3, -0.25) is 4.99 Å². The van der Waals surface area contributed by atoms with Crippen LogP contribution in [0.25, 0.3) is 0 Å². The molecule has 0 aromatic carbocycles. The Bertz CT molecular complexity index is 557. The fourth-order valence-corrected chi connectivity index (χ4v) is 2.90. The van der Waals surface area contributed by atoms with Gasteiger partial charge < -0.3 is 10.6 Å². The second kappa shape index (κ2) is 9.68. The number of nitrogens with one attached hydrogen (secondary N) is 2. The maximum Gasteiger partial charge on any atom is 0.210 e. The van der Waals surface area contributed by atoms with Gasteiger partial charge >= 0.3 is 0 Å². The maximum atomic E-state index is 10.9. The molecule has 22 heavy (non-hydrogen) atoms. The number of rotatable bonds is 7. The molecule has 0 aliphatic carbocycles. The minimum absolute atomic E-state index is 0. The summed E-state index contributed by atoms with van der Waals surface area (Å²) in [5, 5.41) is 13.1. The van der Waals surface area contributed by atoms with Crippen LogP contribution in [0.15, 0.2) is 22.5 Å². The first kappa shape index (κ1) is 21.6. The van der Waals surface area contributed by atoms with Gasteiger partial charge in [-0.2, -0.15) is 0 Å². The van der Waals surface area contributed by atoms with Crippen LogP contribution in [0.3, 0.4) is 0 Å². The number of primary sulfonamides is 1. The zero-order chi connectivity index (χ0) is 15.9. The predicted octanol–water partition coefficient (Wildman–Crippen LogP) is 1.49. The van der Waals surface area contributed by atoms with Crippen LogP contribution in [-0.4, -0.2) is 39.8 Å². The first-order valence-electron chi connectivity index (χ1n) is 6.81. The van der Waals surface area contributed by atoms with E-state index in [-0.39, 0.29) is 41.7 Å². The van der Waals surface area contributed by atoms with Crippen LogP contribution in [0.4, 0.5) is 0 Å². The van der Waals surface area contributed by atoms with Crippen LogP contribution < -0.4 is 15.8 Å². The standard InChI is InChI=1S/C13H24N4O2S2.HI/c1-4-15-12(16-7-9-21(14,18)19)17-10-13(2,3)11-6-5-8-20-11;/h5-6,8H,4,7,9-10H2,1-3H3,(H2,14,18,19)(H2,15,16,17);1H. The molecular formula is C13H25IN4O2S2. The third-order valence-corrected chi connectivity index (χ3v) is 4.85. The molecule has 0 atom stereocenters. The molecule has 0 bridgehead atoms. The summed E-state index contributed by atoms with van der Waals surface area (Å²) in [5.74, 6) is 0.483. The molecule has 128 valence electrons. The molecule has 4 N–H and O–H groups in total. The van der Waals surface area contributed by atoms with E-state index in [0.29, 0.717) is 19.0 Å². The van der Waals surface area contributed by atoms with Crippen molar-refractivity contribution >= 4 is 51.3 Å². The molecule has 0 unspecified atom stereocenters. The van der Waals surface area contributed by atoms with E-state index < -0.39 is 10.0 Å². The molecule has 0 saturated carbocycles. The summed E-state index contributed by atoms with van der Waals surface area (Å²) in [4.78, 5) is 5.80. The topological polar surface area (TPSA) is 96.6 Å². The molecule has 0 spiro atoms. The molecule has 0 radical (unpaired) electrons. The second-order valence-electron chi connectivity index (χ2n) is 5.35. The first-order valence-corrected chi connectivity index (χ1v) is 9.41. The summed E-state index contributed by atoms with van der Waals surface area (Å²) >= 11 is 1.71. The highest BCUT2D eigenvalue weighted by molar-refractivity contribution is 14.0. The average molecular weight is 460 g/mol. The molecular weight excluding hydrogens is 435 g/mol. The van der Waals surface area contributed by atoms with Crippen LogP contribution in [0, 0.1) is 0 Å². The van der Waals surface area contributed by atoms with E-state index in [1.54, 1.807) is 11.3 Å². The molecule has 0 aliphatic heterocycles. The van der Waals surface area contributed by atoms with Crippen LogP contribution in [-0.2, 0) is 15.4 Å². The fraction of sp³-hybridized carbons (Fsp3) is 0.615. The highest BCUT2D eigenvalue weighted by Gasteiger charge is 2.21. The Hall–Kier alpha value is -0.390. The number of thiophene rings is 1. The van der Waals surface area contributed by atoms with E-state index in [1.165, 1.54) is 4.88 Å². The van der Waals surface area contributed by atoms with Crippen molar-refractivity contribution in [1.29, 1.82) is 0 Å². The van der Waals surface area contributed by atoms with Crippen molar-refractivity contribution in [2.45, 2.75) is 26.2 Å². The Balaban J connectivity index is 0.00000441. The Labute approximate surface area is 154 Å². The van der Waals surface area contributed by atoms with Gasteiger partial charge in [-0.1, -0.05) is 19.9 Å². The number of halogens is 1. The summed E-state index contributed by atoms with van der Waals surface area (Å²) in [6.45, 7) is 7.79. The van der Waals surface area contributed by atoms with Gasteiger partial charge in [0.1, 0.15) is 0 Å². The van der Waals surface area contributed by atoms with Gasteiger partial charge in [0.25, 0.3) is 0 Å². The van der Waals surface area contributed by atoms with Crippen molar-refractivity contribution < 1.29 is 8.42 Å². The normalized spacial score (nSPS) is 12.6. The van der Waals surface area contributed by atoms with Gasteiger partial charge in [0.15, 0.2) is 5.96 Å².